The van der Waals surface area contributed by atoms with Crippen LogP contribution in [0.1, 0.15) is 89.8 Å². The van der Waals surface area contributed by atoms with Crippen molar-refractivity contribution >= 4 is 93.2 Å². The van der Waals surface area contributed by atoms with Crippen molar-refractivity contribution in [3.05, 3.63) is 285 Å². The largest absolute Gasteiger partial charge is 0.449 e. The number of esters is 4. The van der Waals surface area contributed by atoms with Crippen molar-refractivity contribution in [2.75, 3.05) is 17.2 Å². The van der Waals surface area contributed by atoms with Gasteiger partial charge in [0.05, 0.1) is 11.2 Å². The Morgan fingerprint density at radius 2 is 1.19 bits per heavy atom. The lowest BCUT2D eigenvalue weighted by molar-refractivity contribution is -0.162. The van der Waals surface area contributed by atoms with Crippen LogP contribution < -0.4 is 26.1 Å². The molecule has 0 aliphatic carbocycles. The summed E-state index contributed by atoms with van der Waals surface area (Å²) in [7, 11) is 0. The van der Waals surface area contributed by atoms with Crippen molar-refractivity contribution in [2.24, 2.45) is 10.1 Å². The summed E-state index contributed by atoms with van der Waals surface area (Å²) in [6.07, 6.45) is -1.85. The number of hydrogen-bond donors (Lipinski definition) is 3. The third-order valence-corrected chi connectivity index (χ3v) is 18.3. The molecule has 1 saturated heterocycles. The highest BCUT2D eigenvalue weighted by atomic mass is 32.2. The van der Waals surface area contributed by atoms with Gasteiger partial charge in [-0.05, 0) is 64.1 Å². The summed E-state index contributed by atoms with van der Waals surface area (Å²) in [5, 5.41) is 11.1. The first kappa shape index (κ1) is 65.0. The molecule has 8 aromatic rings. The molecule has 0 saturated carbocycles. The summed E-state index contributed by atoms with van der Waals surface area (Å²) in [6, 6.07) is 57.6. The summed E-state index contributed by atoms with van der Waals surface area (Å²) in [4.78, 5) is 115. The Morgan fingerprint density at radius 3 is 1.70 bits per heavy atom. The Hall–Kier alpha value is -11.1. The normalized spacial score (nSPS) is 16.1. The summed E-state index contributed by atoms with van der Waals surface area (Å²) in [5.41, 5.74) is 13.8. The van der Waals surface area contributed by atoms with E-state index in [-0.39, 0.29) is 45.1 Å². The number of fused-ring (bicyclic) bond motifs is 2. The van der Waals surface area contributed by atoms with Crippen LogP contribution >= 0.6 is 34.9 Å². The standard InChI is InChI=1S/C71H59N9O13S3/c1-42-36-57(80-56(73-42)38-78(77-80)71(87)92-63(49-30-18-8-19-31-49)50-32-20-9-21-33-50)94-39-52-40-95-67-59(66(84)79(67)60(52)68(85)90-61(45-22-10-4-11-23-45)46-24-12-5-13-25-46)75-65(83)58(53-41-96-70(72)74-53)76-93-64(51-34-35-54(88-43(2)81)55(37-51)89-44(3)82)69(86)91-62(47-26-14-6-15-27-47)48-28-16-7-17-29-48/h4-38,41,59,61-64,67,77H,39-40H2,1-3H3,(H2,72,74)(H,75,83)/t59-,64?,67-/m1/s1. The number of allylic oxidation sites excluding steroid dienone is 1. The summed E-state index contributed by atoms with van der Waals surface area (Å²) >= 11 is 3.58. The highest BCUT2D eigenvalue weighted by molar-refractivity contribution is 8.03. The molecule has 5 heterocycles. The average Bonchev–Trinajstić information content (AvgIpc) is 0.876. The molecular formula is C71H59N9O13S3. The van der Waals surface area contributed by atoms with E-state index in [4.69, 9.17) is 39.2 Å². The molecule has 4 aliphatic heterocycles. The molecule has 22 nitrogen and oxygen atoms in total. The number of anilines is 1. The van der Waals surface area contributed by atoms with E-state index in [0.717, 1.165) is 36.3 Å². The highest BCUT2D eigenvalue weighted by Gasteiger charge is 2.55. The number of benzene rings is 7. The Bertz CT molecular complexity index is 4290. The van der Waals surface area contributed by atoms with Gasteiger partial charge in [-0.2, -0.15) is 5.01 Å². The zero-order chi connectivity index (χ0) is 66.8. The van der Waals surface area contributed by atoms with Crippen molar-refractivity contribution in [1.29, 1.82) is 0 Å². The molecule has 3 atom stereocenters. The van der Waals surface area contributed by atoms with E-state index in [1.54, 1.807) is 65.7 Å². The number of ether oxygens (including phenoxy) is 5. The molecule has 4 aliphatic rings. The maximum Gasteiger partial charge on any atom is 0.431 e. The molecule has 1 fully saturated rings. The van der Waals surface area contributed by atoms with E-state index >= 15 is 9.59 Å². The van der Waals surface area contributed by atoms with Crippen LogP contribution in [0.5, 0.6) is 11.5 Å². The number of aliphatic imine (C=N–C) groups is 1. The fraction of sp³-hybridized carbons (Fsp3) is 0.155. The van der Waals surface area contributed by atoms with Crippen molar-refractivity contribution in [3.8, 4) is 11.5 Å². The minimum absolute atomic E-state index is 0.0197. The fourth-order valence-corrected chi connectivity index (χ4v) is 13.9. The smallest absolute Gasteiger partial charge is 0.431 e. The second kappa shape index (κ2) is 29.4. The van der Waals surface area contributed by atoms with Crippen molar-refractivity contribution in [3.63, 3.8) is 0 Å². The van der Waals surface area contributed by atoms with Gasteiger partial charge in [0.1, 0.15) is 22.8 Å². The predicted octanol–water partition coefficient (Wildman–Crippen LogP) is 11.2. The Balaban J connectivity index is 0.836. The summed E-state index contributed by atoms with van der Waals surface area (Å²) < 4.78 is 29.7. The second-order valence-corrected chi connectivity index (χ2v) is 24.8. The van der Waals surface area contributed by atoms with Crippen LogP contribution in [0.4, 0.5) is 9.93 Å². The molecule has 1 aromatic heterocycles. The van der Waals surface area contributed by atoms with Gasteiger partial charge >= 0.3 is 30.0 Å². The third-order valence-electron chi connectivity index (χ3n) is 15.2. The van der Waals surface area contributed by atoms with Crippen molar-refractivity contribution < 1.29 is 62.1 Å². The van der Waals surface area contributed by atoms with Gasteiger partial charge in [0.25, 0.3) is 11.8 Å². The van der Waals surface area contributed by atoms with Crippen molar-refractivity contribution in [2.45, 2.75) is 56.6 Å². The maximum atomic E-state index is 15.3. The van der Waals surface area contributed by atoms with Crippen LogP contribution in [0, 0.1) is 0 Å². The number of amides is 3. The number of carbonyl (C=O) groups excluding carboxylic acids is 7. The minimum atomic E-state index is -1.84. The van der Waals surface area contributed by atoms with Crippen LogP contribution in [0.25, 0.3) is 0 Å². The lowest BCUT2D eigenvalue weighted by Gasteiger charge is -2.49. The molecular weight excluding hydrogens is 1280 g/mol. The number of nitrogens with one attached hydrogen (secondary N) is 2. The molecule has 3 amide bonds. The third kappa shape index (κ3) is 14.8. The van der Waals surface area contributed by atoms with E-state index in [0.29, 0.717) is 44.4 Å². The number of hydrazine groups is 2. The lowest BCUT2D eigenvalue weighted by Crippen LogP contribution is -2.71. The van der Waals surface area contributed by atoms with E-state index in [2.05, 4.69) is 21.0 Å². The molecule has 7 aromatic carbocycles. The first-order valence-corrected chi connectivity index (χ1v) is 32.9. The molecule has 12 rings (SSSR count). The first-order chi connectivity index (χ1) is 46.6. The van der Waals surface area contributed by atoms with E-state index in [9.17, 15) is 24.0 Å². The molecule has 25 heteroatoms. The fourth-order valence-electron chi connectivity index (χ4n) is 10.8. The first-order valence-electron chi connectivity index (χ1n) is 30.0. The predicted molar refractivity (Wildman–Crippen MR) is 359 cm³/mol. The van der Waals surface area contributed by atoms with Crippen LogP contribution in [0.2, 0.25) is 0 Å². The average molecular weight is 1340 g/mol. The van der Waals surface area contributed by atoms with Gasteiger partial charge in [0.2, 0.25) is 6.10 Å². The minimum Gasteiger partial charge on any atom is -0.449 e. The van der Waals surface area contributed by atoms with Crippen LogP contribution in [0.15, 0.2) is 250 Å². The number of nitrogens with zero attached hydrogens (tertiary/aromatic N) is 6. The Labute approximate surface area is 563 Å². The number of oxime groups is 1. The second-order valence-electron chi connectivity index (χ2n) is 21.9. The van der Waals surface area contributed by atoms with Gasteiger partial charge in [-0.3, -0.25) is 24.1 Å². The topological polar surface area (TPSA) is 272 Å². The van der Waals surface area contributed by atoms with Gasteiger partial charge in [0.15, 0.2) is 46.5 Å². The molecule has 0 radical (unpaired) electrons. The molecule has 4 N–H and O–H groups in total. The zero-order valence-corrected chi connectivity index (χ0v) is 53.9. The SMILES string of the molecule is CC(=O)Oc1ccc(C(ON=C(C(=O)N[C@@H]2C(=O)N3C(C(=O)OC(c4ccccc4)c4ccccc4)=C(CSC4=CC(C)=NC5=CN(C(=O)OC(c6ccccc6)c6ccccc6)NN54)CS[C@H]23)c2csc(N)n2)C(=O)OC(c2ccccc2)c2ccccc2)cc1OC(C)=O. The number of thiazole rings is 1. The zero-order valence-electron chi connectivity index (χ0n) is 51.5. The number of aromatic nitrogens is 1. The number of nitrogen functional groups attached to an aromatic ring is 1. The number of β-lactam (4-membered cyclic amide) rings is 1. The molecule has 96 heavy (non-hydrogen) atoms. The van der Waals surface area contributed by atoms with Gasteiger partial charge in [-0.15, -0.1) is 40.4 Å². The maximum absolute atomic E-state index is 15.3. The van der Waals surface area contributed by atoms with Gasteiger partial charge in [-0.25, -0.2) is 29.4 Å². The number of carbonyl (C=O) groups is 7. The molecule has 0 bridgehead atoms. The molecule has 484 valence electrons. The number of rotatable bonds is 22. The van der Waals surface area contributed by atoms with Gasteiger partial charge < -0.3 is 39.6 Å². The Morgan fingerprint density at radius 1 is 0.677 bits per heavy atom. The van der Waals surface area contributed by atoms with E-state index in [1.807, 2.05) is 134 Å². The number of thioether (sulfide) groups is 2. The molecule has 0 spiro atoms. The van der Waals surface area contributed by atoms with Crippen LogP contribution in [-0.4, -0.2) is 96.0 Å². The monoisotopic (exact) mass is 1340 g/mol. The summed E-state index contributed by atoms with van der Waals surface area (Å²) in [5.74, 6) is -4.73. The summed E-state index contributed by atoms with van der Waals surface area (Å²) in [6.45, 7) is 4.10. The number of nitrogens with two attached hydrogens (primary N) is 1. The van der Waals surface area contributed by atoms with Gasteiger partial charge in [-0.1, -0.05) is 193 Å². The van der Waals surface area contributed by atoms with Crippen molar-refractivity contribution in [1.82, 2.24) is 30.8 Å². The highest BCUT2D eigenvalue weighted by Crippen LogP contribution is 2.44. The van der Waals surface area contributed by atoms with E-state index in [1.165, 1.54) is 63.2 Å². The number of hydrogen-bond acceptors (Lipinski definition) is 22. The molecule has 1 unspecified atom stereocenters. The van der Waals surface area contributed by atoms with Crippen LogP contribution in [-0.2, 0) is 47.8 Å². The quantitative estimate of drug-likeness (QED) is 0.0142. The Kier molecular flexibility index (Phi) is 19.9. The van der Waals surface area contributed by atoms with Crippen LogP contribution in [0.3, 0.4) is 0 Å². The van der Waals surface area contributed by atoms with Gasteiger partial charge in [0, 0.05) is 42.0 Å². The van der Waals surface area contributed by atoms with E-state index < -0.39 is 83.3 Å². The lowest BCUT2D eigenvalue weighted by atomic mass is 10.0.